The summed E-state index contributed by atoms with van der Waals surface area (Å²) in [7, 11) is 0. The van der Waals surface area contributed by atoms with Gasteiger partial charge in [0.2, 0.25) is 5.91 Å². The van der Waals surface area contributed by atoms with Crippen LogP contribution in [0.1, 0.15) is 18.9 Å². The molecule has 0 unspecified atom stereocenters. The molecular weight excluding hydrogens is 406 g/mol. The normalized spacial score (nSPS) is 28.1. The van der Waals surface area contributed by atoms with Crippen molar-refractivity contribution < 1.29 is 9.59 Å². The summed E-state index contributed by atoms with van der Waals surface area (Å²) < 4.78 is 0. The molecule has 5 rings (SSSR count). The highest BCUT2D eigenvalue weighted by atomic mass is 35.5. The lowest BCUT2D eigenvalue weighted by atomic mass is 9.79. The molecule has 5 nitrogen and oxygen atoms in total. The van der Waals surface area contributed by atoms with Crippen molar-refractivity contribution in [3.63, 3.8) is 0 Å². The topological polar surface area (TPSA) is 52.7 Å². The molecule has 0 radical (unpaired) electrons. The second-order valence-corrected chi connectivity index (χ2v) is 9.18. The molecule has 3 aliphatic rings. The number of amides is 2. The number of halogens is 1. The first-order valence-corrected chi connectivity index (χ1v) is 11.4. The second-order valence-electron chi connectivity index (χ2n) is 7.74. The molecule has 2 amide bonds. The van der Waals surface area contributed by atoms with Crippen molar-refractivity contribution in [3.8, 4) is 0 Å². The Morgan fingerprint density at radius 2 is 2.10 bits per heavy atom. The first kappa shape index (κ1) is 19.0. The van der Waals surface area contributed by atoms with E-state index in [4.69, 9.17) is 11.6 Å². The minimum atomic E-state index is -0.927. The Morgan fingerprint density at radius 3 is 2.90 bits per heavy atom. The number of carbonyl (C=O) groups excluding carboxylic acids is 2. The summed E-state index contributed by atoms with van der Waals surface area (Å²) in [5, 5.41) is 3.59. The van der Waals surface area contributed by atoms with Crippen molar-refractivity contribution in [2.24, 2.45) is 5.92 Å². The summed E-state index contributed by atoms with van der Waals surface area (Å²) in [4.78, 5) is 31.5. The van der Waals surface area contributed by atoms with E-state index in [-0.39, 0.29) is 17.9 Å². The summed E-state index contributed by atoms with van der Waals surface area (Å²) in [6.45, 7) is 2.58. The maximum absolute atomic E-state index is 13.9. The minimum absolute atomic E-state index is 0.0254. The molecule has 0 aliphatic carbocycles. The number of rotatable bonds is 3. The van der Waals surface area contributed by atoms with E-state index in [2.05, 4.69) is 10.2 Å². The van der Waals surface area contributed by atoms with Crippen LogP contribution in [0.4, 0.5) is 11.4 Å². The van der Waals surface area contributed by atoms with Gasteiger partial charge in [-0.25, -0.2) is 0 Å². The Balaban J connectivity index is 1.61. The lowest BCUT2D eigenvalue weighted by molar-refractivity contribution is -0.136. The highest BCUT2D eigenvalue weighted by Crippen LogP contribution is 2.57. The van der Waals surface area contributed by atoms with Crippen LogP contribution in [0.15, 0.2) is 48.5 Å². The Morgan fingerprint density at radius 1 is 1.28 bits per heavy atom. The van der Waals surface area contributed by atoms with E-state index in [0.717, 1.165) is 22.9 Å². The highest BCUT2D eigenvalue weighted by Gasteiger charge is 2.67. The van der Waals surface area contributed by atoms with Crippen LogP contribution in [0, 0.1) is 5.92 Å². The third-order valence-electron chi connectivity index (χ3n) is 6.35. The smallest absolute Gasteiger partial charge is 0.253 e. The number of carbonyl (C=O) groups is 2. The highest BCUT2D eigenvalue weighted by molar-refractivity contribution is 7.99. The van der Waals surface area contributed by atoms with Gasteiger partial charge in [-0.2, -0.15) is 0 Å². The number of likely N-dealkylation sites (N-methyl/N-ethyl adjacent to an activating group) is 1. The number of benzene rings is 2. The van der Waals surface area contributed by atoms with Crippen molar-refractivity contribution in [2.75, 3.05) is 28.4 Å². The fourth-order valence-corrected chi connectivity index (χ4v) is 6.69. The van der Waals surface area contributed by atoms with E-state index in [9.17, 15) is 9.59 Å². The maximum Gasteiger partial charge on any atom is 0.253 e. The van der Waals surface area contributed by atoms with Gasteiger partial charge in [-0.3, -0.25) is 14.5 Å². The van der Waals surface area contributed by atoms with Crippen LogP contribution in [-0.2, 0) is 15.1 Å². The van der Waals surface area contributed by atoms with Gasteiger partial charge < -0.3 is 10.2 Å². The average molecular weight is 428 g/mol. The Bertz CT molecular complexity index is 1000. The standard InChI is InChI=1S/C22H22ClN3O2S/c1-2-25-19-9-4-3-8-17(19)22(21(25)28)18(11-16-12-29-13-26(16)22)20(27)24-15-7-5-6-14(23)10-15/h3-10,16,18H,2,11-13H2,1H3,(H,24,27)/t16-,18+,22-/m0/s1. The largest absolute Gasteiger partial charge is 0.326 e. The fourth-order valence-electron chi connectivity index (χ4n) is 5.19. The van der Waals surface area contributed by atoms with Gasteiger partial charge in [0.25, 0.3) is 5.91 Å². The van der Waals surface area contributed by atoms with Crippen LogP contribution in [0.3, 0.4) is 0 Å². The fraction of sp³-hybridized carbons (Fsp3) is 0.364. The lowest BCUT2D eigenvalue weighted by Gasteiger charge is -2.36. The first-order valence-electron chi connectivity index (χ1n) is 9.89. The SMILES string of the molecule is CCN1C(=O)[C@]2(c3ccccc31)[C@@H](C(=O)Nc1cccc(Cl)c1)C[C@H]1CSCN12. The van der Waals surface area contributed by atoms with Gasteiger partial charge in [-0.05, 0) is 37.6 Å². The predicted molar refractivity (Wildman–Crippen MR) is 117 cm³/mol. The minimum Gasteiger partial charge on any atom is -0.326 e. The summed E-state index contributed by atoms with van der Waals surface area (Å²) in [6, 6.07) is 15.3. The van der Waals surface area contributed by atoms with Crippen LogP contribution < -0.4 is 10.2 Å². The number of thioether (sulfide) groups is 1. The number of anilines is 2. The van der Waals surface area contributed by atoms with Crippen molar-refractivity contribution in [1.29, 1.82) is 0 Å². The summed E-state index contributed by atoms with van der Waals surface area (Å²) >= 11 is 7.93. The molecule has 0 saturated carbocycles. The zero-order valence-corrected chi connectivity index (χ0v) is 17.7. The molecule has 2 aromatic carbocycles. The van der Waals surface area contributed by atoms with E-state index < -0.39 is 11.5 Å². The van der Waals surface area contributed by atoms with Gasteiger partial charge in [0.1, 0.15) is 5.54 Å². The average Bonchev–Trinajstić information content (AvgIpc) is 3.35. The third kappa shape index (κ3) is 2.66. The van der Waals surface area contributed by atoms with Gasteiger partial charge >= 0.3 is 0 Å². The summed E-state index contributed by atoms with van der Waals surface area (Å²) in [5.41, 5.74) is 1.62. The van der Waals surface area contributed by atoms with Crippen LogP contribution >= 0.6 is 23.4 Å². The molecule has 3 aliphatic heterocycles. The number of hydrogen-bond donors (Lipinski definition) is 1. The molecule has 150 valence electrons. The van der Waals surface area contributed by atoms with Crippen molar-refractivity contribution >= 4 is 46.6 Å². The van der Waals surface area contributed by atoms with Crippen molar-refractivity contribution in [3.05, 3.63) is 59.1 Å². The molecular formula is C22H22ClN3O2S. The van der Waals surface area contributed by atoms with E-state index in [0.29, 0.717) is 23.7 Å². The van der Waals surface area contributed by atoms with Gasteiger partial charge in [0.15, 0.2) is 0 Å². The summed E-state index contributed by atoms with van der Waals surface area (Å²) in [5.74, 6) is 1.18. The number of nitrogens with zero attached hydrogens (tertiary/aromatic N) is 2. The number of nitrogens with one attached hydrogen (secondary N) is 1. The molecule has 29 heavy (non-hydrogen) atoms. The molecule has 3 atom stereocenters. The van der Waals surface area contributed by atoms with Gasteiger partial charge in [-0.15, -0.1) is 11.8 Å². The van der Waals surface area contributed by atoms with E-state index in [1.807, 2.05) is 60.0 Å². The third-order valence-corrected chi connectivity index (χ3v) is 7.66. The van der Waals surface area contributed by atoms with Gasteiger partial charge in [0.05, 0.1) is 5.92 Å². The molecule has 0 aromatic heterocycles. The van der Waals surface area contributed by atoms with Gasteiger partial charge in [-0.1, -0.05) is 35.9 Å². The van der Waals surface area contributed by atoms with Gasteiger partial charge in [0, 0.05) is 46.2 Å². The number of para-hydroxylation sites is 1. The van der Waals surface area contributed by atoms with Crippen LogP contribution in [0.25, 0.3) is 0 Å². The zero-order valence-electron chi connectivity index (χ0n) is 16.1. The molecule has 2 aromatic rings. The van der Waals surface area contributed by atoms with Crippen LogP contribution in [-0.4, -0.2) is 40.9 Å². The Labute approximate surface area is 179 Å². The molecule has 1 spiro atoms. The molecule has 7 heteroatoms. The van der Waals surface area contributed by atoms with E-state index in [1.165, 1.54) is 0 Å². The van der Waals surface area contributed by atoms with Crippen LogP contribution in [0.5, 0.6) is 0 Å². The second kappa shape index (κ2) is 7.04. The Kier molecular flexibility index (Phi) is 4.61. The van der Waals surface area contributed by atoms with E-state index in [1.54, 1.807) is 12.1 Å². The number of hydrogen-bond acceptors (Lipinski definition) is 4. The molecule has 1 N–H and O–H groups in total. The molecule has 3 heterocycles. The van der Waals surface area contributed by atoms with Crippen molar-refractivity contribution in [2.45, 2.75) is 24.9 Å². The first-order chi connectivity index (χ1) is 14.1. The molecule has 2 fully saturated rings. The van der Waals surface area contributed by atoms with Crippen molar-refractivity contribution in [1.82, 2.24) is 4.90 Å². The Hall–Kier alpha value is -2.02. The maximum atomic E-state index is 13.9. The lowest BCUT2D eigenvalue weighted by Crippen LogP contribution is -2.55. The van der Waals surface area contributed by atoms with Crippen LogP contribution in [0.2, 0.25) is 5.02 Å². The molecule has 0 bridgehead atoms. The number of fused-ring (bicyclic) bond motifs is 4. The monoisotopic (exact) mass is 427 g/mol. The summed E-state index contributed by atoms with van der Waals surface area (Å²) in [6.07, 6.45) is 0.678. The zero-order chi connectivity index (χ0) is 20.2. The molecule has 2 saturated heterocycles. The quantitative estimate of drug-likeness (QED) is 0.806. The van der Waals surface area contributed by atoms with E-state index >= 15 is 0 Å². The predicted octanol–water partition coefficient (Wildman–Crippen LogP) is 3.94.